The van der Waals surface area contributed by atoms with Crippen LogP contribution >= 0.6 is 11.8 Å². The lowest BCUT2D eigenvalue weighted by Gasteiger charge is -2.12. The van der Waals surface area contributed by atoms with Gasteiger partial charge in [0.05, 0.1) is 0 Å². The SMILES string of the molecule is Cc1ccc(CSc2nc(-c3cccc(C)c3)nc3c2c(=O)n(C)c(=O)n3C)cc1. The fourth-order valence-electron chi connectivity index (χ4n) is 3.28. The molecule has 7 heteroatoms. The number of fused-ring (bicyclic) bond motifs is 1. The zero-order valence-corrected chi connectivity index (χ0v) is 18.2. The van der Waals surface area contributed by atoms with Crippen LogP contribution in [-0.2, 0) is 19.8 Å². The lowest BCUT2D eigenvalue weighted by molar-refractivity contribution is 0.703. The summed E-state index contributed by atoms with van der Waals surface area (Å²) >= 11 is 1.48. The molecule has 0 atom stereocenters. The van der Waals surface area contributed by atoms with Crippen molar-refractivity contribution in [1.29, 1.82) is 0 Å². The average molecular weight is 419 g/mol. The first-order valence-corrected chi connectivity index (χ1v) is 10.6. The standard InChI is InChI=1S/C23H22N4O2S/c1-14-8-10-16(11-9-14)13-30-21-18-20(26(3)23(29)27(4)22(18)28)24-19(25-21)17-7-5-6-15(2)12-17/h5-12H,13H2,1-4H3. The van der Waals surface area contributed by atoms with Crippen LogP contribution in [0.25, 0.3) is 22.4 Å². The maximum atomic E-state index is 12.9. The van der Waals surface area contributed by atoms with Crippen molar-refractivity contribution >= 4 is 22.8 Å². The van der Waals surface area contributed by atoms with E-state index in [2.05, 4.69) is 29.2 Å². The minimum absolute atomic E-state index is 0.348. The number of rotatable bonds is 4. The largest absolute Gasteiger partial charge is 0.332 e. The summed E-state index contributed by atoms with van der Waals surface area (Å²) < 4.78 is 2.52. The van der Waals surface area contributed by atoms with Crippen LogP contribution in [0.1, 0.15) is 16.7 Å². The average Bonchev–Trinajstić information content (AvgIpc) is 2.75. The highest BCUT2D eigenvalue weighted by molar-refractivity contribution is 7.98. The second kappa shape index (κ2) is 7.91. The normalized spacial score (nSPS) is 11.2. The van der Waals surface area contributed by atoms with Gasteiger partial charge in [-0.1, -0.05) is 53.6 Å². The summed E-state index contributed by atoms with van der Waals surface area (Å²) in [6.45, 7) is 4.05. The molecule has 0 unspecified atom stereocenters. The van der Waals surface area contributed by atoms with Crippen molar-refractivity contribution in [1.82, 2.24) is 19.1 Å². The third-order valence-electron chi connectivity index (χ3n) is 5.04. The first-order chi connectivity index (χ1) is 14.3. The highest BCUT2D eigenvalue weighted by atomic mass is 32.2. The van der Waals surface area contributed by atoms with Gasteiger partial charge in [-0.05, 0) is 25.5 Å². The molecule has 152 valence electrons. The van der Waals surface area contributed by atoms with E-state index in [4.69, 9.17) is 4.98 Å². The van der Waals surface area contributed by atoms with E-state index in [0.717, 1.165) is 21.3 Å². The van der Waals surface area contributed by atoms with E-state index >= 15 is 0 Å². The first kappa shape index (κ1) is 20.1. The summed E-state index contributed by atoms with van der Waals surface area (Å²) in [5.74, 6) is 1.16. The Hall–Kier alpha value is -3.19. The maximum Gasteiger partial charge on any atom is 0.332 e. The number of aromatic nitrogens is 4. The third kappa shape index (κ3) is 3.68. The molecule has 6 nitrogen and oxygen atoms in total. The van der Waals surface area contributed by atoms with Gasteiger partial charge in [-0.25, -0.2) is 14.8 Å². The van der Waals surface area contributed by atoms with Gasteiger partial charge in [-0.2, -0.15) is 0 Å². The Kier molecular flexibility index (Phi) is 5.30. The van der Waals surface area contributed by atoms with Crippen molar-refractivity contribution in [2.45, 2.75) is 24.6 Å². The van der Waals surface area contributed by atoms with Gasteiger partial charge in [-0.15, -0.1) is 11.8 Å². The van der Waals surface area contributed by atoms with Gasteiger partial charge in [0.15, 0.2) is 11.5 Å². The van der Waals surface area contributed by atoms with Crippen LogP contribution < -0.4 is 11.2 Å². The monoisotopic (exact) mass is 418 g/mol. The molecule has 4 rings (SSSR count). The Balaban J connectivity index is 1.92. The fourth-order valence-corrected chi connectivity index (χ4v) is 4.25. The van der Waals surface area contributed by atoms with Crippen molar-refractivity contribution < 1.29 is 0 Å². The van der Waals surface area contributed by atoms with Crippen LogP contribution in [0.15, 0.2) is 63.1 Å². The van der Waals surface area contributed by atoms with Gasteiger partial charge in [0.25, 0.3) is 5.56 Å². The van der Waals surface area contributed by atoms with Crippen molar-refractivity contribution in [2.24, 2.45) is 14.1 Å². The third-order valence-corrected chi connectivity index (χ3v) is 6.09. The van der Waals surface area contributed by atoms with Gasteiger partial charge >= 0.3 is 5.69 Å². The van der Waals surface area contributed by atoms with Crippen LogP contribution in [0.3, 0.4) is 0 Å². The van der Waals surface area contributed by atoms with E-state index < -0.39 is 5.69 Å². The second-order valence-corrected chi connectivity index (χ2v) is 8.36. The smallest absolute Gasteiger partial charge is 0.280 e. The summed E-state index contributed by atoms with van der Waals surface area (Å²) in [5.41, 5.74) is 3.83. The summed E-state index contributed by atoms with van der Waals surface area (Å²) in [5, 5.41) is 0.946. The van der Waals surface area contributed by atoms with Crippen molar-refractivity contribution in [3.63, 3.8) is 0 Å². The van der Waals surface area contributed by atoms with Crippen LogP contribution in [0.5, 0.6) is 0 Å². The molecule has 0 aliphatic heterocycles. The van der Waals surface area contributed by atoms with E-state index in [0.29, 0.717) is 27.6 Å². The molecule has 0 fully saturated rings. The quantitative estimate of drug-likeness (QED) is 0.374. The minimum atomic E-state index is -0.407. The maximum absolute atomic E-state index is 12.9. The number of nitrogens with zero attached hydrogens (tertiary/aromatic N) is 4. The Morgan fingerprint density at radius 2 is 1.63 bits per heavy atom. The highest BCUT2D eigenvalue weighted by Gasteiger charge is 2.18. The van der Waals surface area contributed by atoms with Crippen LogP contribution in [-0.4, -0.2) is 19.1 Å². The summed E-state index contributed by atoms with van der Waals surface area (Å²) in [7, 11) is 3.11. The number of hydrogen-bond acceptors (Lipinski definition) is 5. The Morgan fingerprint density at radius 3 is 2.33 bits per heavy atom. The van der Waals surface area contributed by atoms with Crippen LogP contribution in [0.2, 0.25) is 0 Å². The molecule has 0 saturated heterocycles. The molecule has 0 radical (unpaired) electrons. The van der Waals surface area contributed by atoms with Gasteiger partial charge in [0.1, 0.15) is 10.4 Å². The summed E-state index contributed by atoms with van der Waals surface area (Å²) in [6.07, 6.45) is 0. The molecule has 4 aromatic rings. The molecule has 0 aliphatic carbocycles. The predicted octanol–water partition coefficient (Wildman–Crippen LogP) is 3.60. The molecule has 2 aromatic carbocycles. The van der Waals surface area contributed by atoms with Gasteiger partial charge in [0, 0.05) is 25.4 Å². The number of thioether (sulfide) groups is 1. The minimum Gasteiger partial charge on any atom is -0.280 e. The Morgan fingerprint density at radius 1 is 0.900 bits per heavy atom. The molecule has 2 aromatic heterocycles. The van der Waals surface area contributed by atoms with Crippen LogP contribution in [0, 0.1) is 13.8 Å². The molecule has 0 saturated carbocycles. The lowest BCUT2D eigenvalue weighted by atomic mass is 10.1. The number of benzene rings is 2. The van der Waals surface area contributed by atoms with Crippen molar-refractivity contribution in [3.8, 4) is 11.4 Å². The topological polar surface area (TPSA) is 69.8 Å². The summed E-state index contributed by atoms with van der Waals surface area (Å²) in [4.78, 5) is 34.8. The molecule has 30 heavy (non-hydrogen) atoms. The zero-order chi connectivity index (χ0) is 21.4. The number of aryl methyl sites for hydroxylation is 3. The van der Waals surface area contributed by atoms with Gasteiger partial charge in [0.2, 0.25) is 0 Å². The van der Waals surface area contributed by atoms with Gasteiger partial charge in [-0.3, -0.25) is 13.9 Å². The molecule has 0 spiro atoms. The first-order valence-electron chi connectivity index (χ1n) is 9.58. The van der Waals surface area contributed by atoms with Gasteiger partial charge < -0.3 is 0 Å². The molecular weight excluding hydrogens is 396 g/mol. The van der Waals surface area contributed by atoms with E-state index in [9.17, 15) is 9.59 Å². The molecule has 0 amide bonds. The molecular formula is C23H22N4O2S. The van der Waals surface area contributed by atoms with E-state index in [-0.39, 0.29) is 5.56 Å². The molecule has 0 aliphatic rings. The molecule has 2 heterocycles. The highest BCUT2D eigenvalue weighted by Crippen LogP contribution is 2.28. The Labute approximate surface area is 178 Å². The second-order valence-electron chi connectivity index (χ2n) is 7.40. The number of hydrogen-bond donors (Lipinski definition) is 0. The van der Waals surface area contributed by atoms with E-state index in [1.54, 1.807) is 7.05 Å². The zero-order valence-electron chi connectivity index (χ0n) is 17.3. The fraction of sp³-hybridized carbons (Fsp3) is 0.217. The van der Waals surface area contributed by atoms with Crippen molar-refractivity contribution in [3.05, 3.63) is 86.1 Å². The van der Waals surface area contributed by atoms with Crippen molar-refractivity contribution in [2.75, 3.05) is 0 Å². The van der Waals surface area contributed by atoms with E-state index in [1.807, 2.05) is 38.1 Å². The molecule has 0 N–H and O–H groups in total. The van der Waals surface area contributed by atoms with Crippen LogP contribution in [0.4, 0.5) is 0 Å². The summed E-state index contributed by atoms with van der Waals surface area (Å²) in [6, 6.07) is 16.1. The van der Waals surface area contributed by atoms with E-state index in [1.165, 1.54) is 28.9 Å². The lowest BCUT2D eigenvalue weighted by Crippen LogP contribution is -2.37. The predicted molar refractivity (Wildman–Crippen MR) is 121 cm³/mol. The Bertz CT molecular complexity index is 1370. The molecule has 0 bridgehead atoms.